The highest BCUT2D eigenvalue weighted by Gasteiger charge is 2.38. The number of hydrogen-bond donors (Lipinski definition) is 3. The second-order valence-electron chi connectivity index (χ2n) is 9.09. The van der Waals surface area contributed by atoms with Gasteiger partial charge in [-0.05, 0) is 32.1 Å². The Balaban J connectivity index is 1.83. The maximum Gasteiger partial charge on any atom is 0.114 e. The summed E-state index contributed by atoms with van der Waals surface area (Å²) in [6, 6.07) is 0. The van der Waals surface area contributed by atoms with Crippen molar-refractivity contribution in [2.75, 3.05) is 19.8 Å². The number of unbranched alkanes of at least 4 members (excludes halogenated alkanes) is 14. The van der Waals surface area contributed by atoms with Crippen LogP contribution in [0.1, 0.15) is 110 Å². The lowest BCUT2D eigenvalue weighted by Crippen LogP contribution is -2.55. The summed E-state index contributed by atoms with van der Waals surface area (Å²) in [5, 5.41) is 29.2. The third kappa shape index (κ3) is 14.3. The highest BCUT2D eigenvalue weighted by atomic mass is 16.6. The van der Waals surface area contributed by atoms with Gasteiger partial charge in [0.25, 0.3) is 0 Å². The van der Waals surface area contributed by atoms with Crippen LogP contribution in [0.2, 0.25) is 0 Å². The summed E-state index contributed by atoms with van der Waals surface area (Å²) in [7, 11) is 0. The molecule has 0 spiro atoms. The zero-order chi connectivity index (χ0) is 22.6. The molecule has 0 amide bonds. The molecular weight excluding hydrogens is 392 g/mol. The van der Waals surface area contributed by atoms with Crippen molar-refractivity contribution in [1.82, 2.24) is 0 Å². The van der Waals surface area contributed by atoms with Gasteiger partial charge in [-0.3, -0.25) is 0 Å². The summed E-state index contributed by atoms with van der Waals surface area (Å²) in [5.74, 6) is 0. The summed E-state index contributed by atoms with van der Waals surface area (Å²) in [6.45, 7) is 2.64. The van der Waals surface area contributed by atoms with Gasteiger partial charge in [-0.1, -0.05) is 89.7 Å². The van der Waals surface area contributed by atoms with Crippen molar-refractivity contribution >= 4 is 0 Å². The highest BCUT2D eigenvalue weighted by Crippen LogP contribution is 2.19. The first-order chi connectivity index (χ1) is 15.2. The molecule has 1 aliphatic rings. The molecule has 0 aliphatic carbocycles. The lowest BCUT2D eigenvalue weighted by atomic mass is 10.0. The minimum Gasteiger partial charge on any atom is -0.394 e. The van der Waals surface area contributed by atoms with Gasteiger partial charge in [0, 0.05) is 6.61 Å². The molecule has 0 bridgehead atoms. The number of aliphatic hydroxyl groups excluding tert-OH is 3. The Hall–Kier alpha value is -0.460. The largest absolute Gasteiger partial charge is 0.394 e. The van der Waals surface area contributed by atoms with Gasteiger partial charge in [-0.25, -0.2) is 0 Å². The molecule has 1 heterocycles. The van der Waals surface area contributed by atoms with E-state index in [-0.39, 0.29) is 13.2 Å². The van der Waals surface area contributed by atoms with Crippen LogP contribution in [0.15, 0.2) is 12.2 Å². The number of ether oxygens (including phenoxy) is 2. The van der Waals surface area contributed by atoms with Crippen LogP contribution >= 0.6 is 0 Å². The Kier molecular flexibility index (Phi) is 18.6. The van der Waals surface area contributed by atoms with Crippen molar-refractivity contribution in [3.05, 3.63) is 12.2 Å². The van der Waals surface area contributed by atoms with E-state index < -0.39 is 24.4 Å². The Morgan fingerprint density at radius 2 is 1.29 bits per heavy atom. The van der Waals surface area contributed by atoms with Crippen molar-refractivity contribution in [3.8, 4) is 0 Å². The highest BCUT2D eigenvalue weighted by molar-refractivity contribution is 4.87. The van der Waals surface area contributed by atoms with Crippen LogP contribution in [0.25, 0.3) is 0 Å². The van der Waals surface area contributed by atoms with E-state index in [4.69, 9.17) is 9.47 Å². The molecule has 1 aliphatic heterocycles. The van der Waals surface area contributed by atoms with Crippen molar-refractivity contribution in [3.63, 3.8) is 0 Å². The lowest BCUT2D eigenvalue weighted by molar-refractivity contribution is -0.210. The lowest BCUT2D eigenvalue weighted by Gasteiger charge is -2.37. The van der Waals surface area contributed by atoms with Gasteiger partial charge in [0.05, 0.1) is 13.2 Å². The molecule has 0 aromatic carbocycles. The van der Waals surface area contributed by atoms with Crippen LogP contribution in [0.3, 0.4) is 0 Å². The zero-order valence-corrected chi connectivity index (χ0v) is 20.1. The van der Waals surface area contributed by atoms with E-state index in [0.717, 1.165) is 12.8 Å². The molecule has 1 fully saturated rings. The van der Waals surface area contributed by atoms with E-state index in [9.17, 15) is 15.3 Å². The zero-order valence-electron chi connectivity index (χ0n) is 20.1. The van der Waals surface area contributed by atoms with E-state index in [0.29, 0.717) is 6.61 Å². The fraction of sp³-hybridized carbons (Fsp3) is 0.923. The molecule has 0 aromatic rings. The monoisotopic (exact) mass is 442 g/mol. The van der Waals surface area contributed by atoms with Crippen LogP contribution in [-0.4, -0.2) is 59.6 Å². The van der Waals surface area contributed by atoms with Gasteiger partial charge in [0.2, 0.25) is 0 Å². The summed E-state index contributed by atoms with van der Waals surface area (Å²) in [6.07, 6.45) is 22.2. The first-order valence-electron chi connectivity index (χ1n) is 13.1. The molecule has 0 aromatic heterocycles. The number of hydrogen-bond acceptors (Lipinski definition) is 5. The predicted molar refractivity (Wildman–Crippen MR) is 127 cm³/mol. The molecule has 1 rings (SSSR count). The second-order valence-corrected chi connectivity index (χ2v) is 9.09. The third-order valence-electron chi connectivity index (χ3n) is 6.22. The quantitative estimate of drug-likeness (QED) is 0.176. The van der Waals surface area contributed by atoms with E-state index in [1.54, 1.807) is 0 Å². The minimum absolute atomic E-state index is 0.0991. The molecule has 5 heteroatoms. The predicted octanol–water partition coefficient (Wildman–Crippen LogP) is 5.30. The Bertz CT molecular complexity index is 415. The maximum atomic E-state index is 10.1. The van der Waals surface area contributed by atoms with Gasteiger partial charge >= 0.3 is 0 Å². The molecular formula is C26H50O5. The van der Waals surface area contributed by atoms with E-state index in [2.05, 4.69) is 19.1 Å². The van der Waals surface area contributed by atoms with E-state index in [1.807, 2.05) is 0 Å². The smallest absolute Gasteiger partial charge is 0.114 e. The number of aliphatic hydroxyl groups is 3. The molecule has 31 heavy (non-hydrogen) atoms. The van der Waals surface area contributed by atoms with Crippen molar-refractivity contribution in [2.24, 2.45) is 0 Å². The van der Waals surface area contributed by atoms with Gasteiger partial charge in [-0.2, -0.15) is 0 Å². The maximum absolute atomic E-state index is 10.1. The first-order valence-corrected chi connectivity index (χ1v) is 13.1. The Morgan fingerprint density at radius 1 is 0.774 bits per heavy atom. The van der Waals surface area contributed by atoms with Crippen molar-refractivity contribution < 1.29 is 24.8 Å². The van der Waals surface area contributed by atoms with Crippen molar-refractivity contribution in [1.29, 1.82) is 0 Å². The van der Waals surface area contributed by atoms with Crippen LogP contribution in [0, 0.1) is 0 Å². The van der Waals surface area contributed by atoms with Crippen LogP contribution < -0.4 is 0 Å². The topological polar surface area (TPSA) is 79.2 Å². The Morgan fingerprint density at radius 3 is 1.84 bits per heavy atom. The standard InChI is InChI=1S/C26H50O5/c1-2-3-4-5-6-7-8-9-10-11-12-13-14-15-16-17-18-19-20-30-26-23(28)22-31-24(21-27)25(26)29/h9-10,23-29H,2-8,11-22H2,1H3/b10-9+/t23-,24+,25+,26+/m0/s1. The van der Waals surface area contributed by atoms with Gasteiger partial charge in [0.1, 0.15) is 24.4 Å². The normalized spacial score (nSPS) is 24.3. The molecule has 0 saturated carbocycles. The SMILES string of the molecule is CCCCCCCC/C=C/CCCCCCCCCCO[C@H]1[C@H](O)[C@@H](CO)OC[C@@H]1O. The van der Waals surface area contributed by atoms with Gasteiger partial charge < -0.3 is 24.8 Å². The first kappa shape index (κ1) is 28.6. The van der Waals surface area contributed by atoms with E-state index in [1.165, 1.54) is 89.9 Å². The summed E-state index contributed by atoms with van der Waals surface area (Å²) in [5.41, 5.74) is 0. The average molecular weight is 443 g/mol. The number of rotatable bonds is 20. The second kappa shape index (κ2) is 20.2. The number of allylic oxidation sites excluding steroid dienone is 2. The minimum atomic E-state index is -0.973. The molecule has 0 unspecified atom stereocenters. The van der Waals surface area contributed by atoms with Crippen LogP contribution in [0.5, 0.6) is 0 Å². The summed E-state index contributed by atoms with van der Waals surface area (Å²) < 4.78 is 10.9. The summed E-state index contributed by atoms with van der Waals surface area (Å²) in [4.78, 5) is 0. The third-order valence-corrected chi connectivity index (χ3v) is 6.22. The Labute approximate surface area is 191 Å². The molecule has 184 valence electrons. The molecule has 1 saturated heterocycles. The van der Waals surface area contributed by atoms with Crippen LogP contribution in [-0.2, 0) is 9.47 Å². The molecule has 4 atom stereocenters. The average Bonchev–Trinajstić information content (AvgIpc) is 2.77. The van der Waals surface area contributed by atoms with E-state index >= 15 is 0 Å². The van der Waals surface area contributed by atoms with Gasteiger partial charge in [-0.15, -0.1) is 0 Å². The summed E-state index contributed by atoms with van der Waals surface area (Å²) >= 11 is 0. The van der Waals surface area contributed by atoms with Crippen LogP contribution in [0.4, 0.5) is 0 Å². The van der Waals surface area contributed by atoms with Gasteiger partial charge in [0.15, 0.2) is 0 Å². The molecule has 3 N–H and O–H groups in total. The molecule has 0 radical (unpaired) electrons. The fourth-order valence-corrected chi connectivity index (χ4v) is 4.15. The van der Waals surface area contributed by atoms with Crippen molar-refractivity contribution in [2.45, 2.75) is 134 Å². The molecule has 5 nitrogen and oxygen atoms in total. The fourth-order valence-electron chi connectivity index (χ4n) is 4.15.